The molecule has 2 heteroatoms. The van der Waals surface area contributed by atoms with E-state index in [0.717, 1.165) is 5.56 Å². The summed E-state index contributed by atoms with van der Waals surface area (Å²) in [6.45, 7) is 1.59. The first-order valence-corrected chi connectivity index (χ1v) is 4.10. The molecule has 66 valence electrons. The lowest BCUT2D eigenvalue weighted by Crippen LogP contribution is -2.24. The minimum Gasteiger partial charge on any atom is -0.391 e. The first-order chi connectivity index (χ1) is 5.70. The summed E-state index contributed by atoms with van der Waals surface area (Å²) >= 11 is 0. The van der Waals surface area contributed by atoms with Crippen LogP contribution in [0.1, 0.15) is 12.5 Å². The molecular formula is C10H14O2. The van der Waals surface area contributed by atoms with Gasteiger partial charge in [0.15, 0.2) is 0 Å². The van der Waals surface area contributed by atoms with Crippen LogP contribution in [-0.4, -0.2) is 22.4 Å². The molecule has 0 spiro atoms. The van der Waals surface area contributed by atoms with Gasteiger partial charge in [-0.25, -0.2) is 0 Å². The van der Waals surface area contributed by atoms with Gasteiger partial charge in [-0.05, 0) is 12.5 Å². The molecule has 2 N–H and O–H groups in total. The molecule has 1 aromatic carbocycles. The van der Waals surface area contributed by atoms with E-state index < -0.39 is 12.2 Å². The third kappa shape index (κ3) is 2.64. The minimum absolute atomic E-state index is 0.512. The van der Waals surface area contributed by atoms with E-state index in [1.54, 1.807) is 6.92 Å². The van der Waals surface area contributed by atoms with E-state index in [-0.39, 0.29) is 0 Å². The Morgan fingerprint density at radius 1 is 1.17 bits per heavy atom. The maximum Gasteiger partial charge on any atom is 0.0836 e. The molecule has 0 saturated heterocycles. The lowest BCUT2D eigenvalue weighted by molar-refractivity contribution is 0.0320. The number of benzene rings is 1. The third-order valence-corrected chi connectivity index (χ3v) is 1.84. The van der Waals surface area contributed by atoms with Gasteiger partial charge in [-0.3, -0.25) is 0 Å². The molecule has 0 bridgehead atoms. The average molecular weight is 166 g/mol. The predicted octanol–water partition coefficient (Wildman–Crippen LogP) is 0.971. The number of aliphatic hydroxyl groups excluding tert-OH is 2. The number of hydrogen-bond acceptors (Lipinski definition) is 2. The number of hydrogen-bond donors (Lipinski definition) is 2. The lowest BCUT2D eigenvalue weighted by Gasteiger charge is -2.12. The summed E-state index contributed by atoms with van der Waals surface area (Å²) in [5.41, 5.74) is 1.05. The van der Waals surface area contributed by atoms with Crippen molar-refractivity contribution in [3.8, 4) is 0 Å². The fraction of sp³-hybridized carbons (Fsp3) is 0.400. The van der Waals surface area contributed by atoms with Crippen LogP contribution in [0.2, 0.25) is 0 Å². The topological polar surface area (TPSA) is 40.5 Å². The van der Waals surface area contributed by atoms with E-state index in [2.05, 4.69) is 0 Å². The SMILES string of the molecule is C[C@H](O)[C@@H](O)Cc1ccccc1. The highest BCUT2D eigenvalue weighted by atomic mass is 16.3. The van der Waals surface area contributed by atoms with Crippen LogP contribution in [0, 0.1) is 0 Å². The minimum atomic E-state index is -0.662. The first kappa shape index (κ1) is 9.23. The first-order valence-electron chi connectivity index (χ1n) is 4.10. The normalized spacial score (nSPS) is 15.6. The van der Waals surface area contributed by atoms with Gasteiger partial charge in [-0.15, -0.1) is 0 Å². The van der Waals surface area contributed by atoms with Crippen molar-refractivity contribution in [1.29, 1.82) is 0 Å². The summed E-state index contributed by atoms with van der Waals surface area (Å²) in [5, 5.41) is 18.4. The van der Waals surface area contributed by atoms with Crippen molar-refractivity contribution in [3.05, 3.63) is 35.9 Å². The molecule has 0 aliphatic carbocycles. The molecule has 2 atom stereocenters. The summed E-state index contributed by atoms with van der Waals surface area (Å²) in [5.74, 6) is 0. The van der Waals surface area contributed by atoms with Gasteiger partial charge in [0.2, 0.25) is 0 Å². The largest absolute Gasteiger partial charge is 0.391 e. The standard InChI is InChI=1S/C10H14O2/c1-8(11)10(12)7-9-5-3-2-4-6-9/h2-6,8,10-12H,7H2,1H3/t8-,10-/m0/s1. The zero-order chi connectivity index (χ0) is 8.97. The smallest absolute Gasteiger partial charge is 0.0836 e. The van der Waals surface area contributed by atoms with Crippen molar-refractivity contribution in [2.75, 3.05) is 0 Å². The molecule has 0 aliphatic rings. The van der Waals surface area contributed by atoms with E-state index in [0.29, 0.717) is 6.42 Å². The third-order valence-electron chi connectivity index (χ3n) is 1.84. The van der Waals surface area contributed by atoms with Crippen LogP contribution in [0.15, 0.2) is 30.3 Å². The van der Waals surface area contributed by atoms with Crippen LogP contribution in [-0.2, 0) is 6.42 Å². The molecule has 0 heterocycles. The summed E-state index contributed by atoms with van der Waals surface area (Å²) in [4.78, 5) is 0. The molecule has 0 amide bonds. The molecular weight excluding hydrogens is 152 g/mol. The Hall–Kier alpha value is -0.860. The van der Waals surface area contributed by atoms with Crippen LogP contribution in [0.5, 0.6) is 0 Å². The molecule has 0 fully saturated rings. The highest BCUT2D eigenvalue weighted by Crippen LogP contribution is 2.05. The van der Waals surface area contributed by atoms with Gasteiger partial charge in [0, 0.05) is 6.42 Å². The molecule has 0 aromatic heterocycles. The summed E-state index contributed by atoms with van der Waals surface area (Å²) in [6, 6.07) is 9.64. The van der Waals surface area contributed by atoms with Crippen LogP contribution >= 0.6 is 0 Å². The van der Waals surface area contributed by atoms with Gasteiger partial charge >= 0.3 is 0 Å². The quantitative estimate of drug-likeness (QED) is 0.702. The average Bonchev–Trinajstić information content (AvgIpc) is 2.06. The van der Waals surface area contributed by atoms with Gasteiger partial charge < -0.3 is 10.2 Å². The Morgan fingerprint density at radius 2 is 1.75 bits per heavy atom. The molecule has 0 radical (unpaired) electrons. The Bertz CT molecular complexity index is 219. The Morgan fingerprint density at radius 3 is 2.25 bits per heavy atom. The maximum absolute atomic E-state index is 9.33. The fourth-order valence-electron chi connectivity index (χ4n) is 1.03. The summed E-state index contributed by atoms with van der Waals surface area (Å²) < 4.78 is 0. The van der Waals surface area contributed by atoms with Crippen molar-refractivity contribution in [2.24, 2.45) is 0 Å². The van der Waals surface area contributed by atoms with Crippen molar-refractivity contribution in [2.45, 2.75) is 25.6 Å². The van der Waals surface area contributed by atoms with E-state index in [1.807, 2.05) is 30.3 Å². The molecule has 1 aromatic rings. The molecule has 0 saturated carbocycles. The van der Waals surface area contributed by atoms with E-state index in [4.69, 9.17) is 5.11 Å². The van der Waals surface area contributed by atoms with E-state index >= 15 is 0 Å². The number of rotatable bonds is 3. The highest BCUT2D eigenvalue weighted by Gasteiger charge is 2.10. The van der Waals surface area contributed by atoms with Gasteiger partial charge in [0.1, 0.15) is 0 Å². The van der Waals surface area contributed by atoms with Gasteiger partial charge in [-0.2, -0.15) is 0 Å². The van der Waals surface area contributed by atoms with Crippen molar-refractivity contribution in [1.82, 2.24) is 0 Å². The van der Waals surface area contributed by atoms with Crippen molar-refractivity contribution >= 4 is 0 Å². The van der Waals surface area contributed by atoms with Crippen molar-refractivity contribution in [3.63, 3.8) is 0 Å². The van der Waals surface area contributed by atoms with Crippen LogP contribution in [0.4, 0.5) is 0 Å². The Labute approximate surface area is 72.5 Å². The van der Waals surface area contributed by atoms with Crippen LogP contribution in [0.25, 0.3) is 0 Å². The van der Waals surface area contributed by atoms with E-state index in [1.165, 1.54) is 0 Å². The zero-order valence-electron chi connectivity index (χ0n) is 7.14. The molecule has 12 heavy (non-hydrogen) atoms. The number of aliphatic hydroxyl groups is 2. The molecule has 2 nitrogen and oxygen atoms in total. The summed E-state index contributed by atoms with van der Waals surface area (Å²) in [7, 11) is 0. The Kier molecular flexibility index (Phi) is 3.26. The second-order valence-corrected chi connectivity index (χ2v) is 3.00. The van der Waals surface area contributed by atoms with Gasteiger partial charge in [-0.1, -0.05) is 30.3 Å². The highest BCUT2D eigenvalue weighted by molar-refractivity contribution is 5.15. The lowest BCUT2D eigenvalue weighted by atomic mass is 10.1. The molecule has 1 rings (SSSR count). The second kappa shape index (κ2) is 4.24. The molecule has 0 unspecified atom stereocenters. The van der Waals surface area contributed by atoms with Crippen LogP contribution < -0.4 is 0 Å². The predicted molar refractivity (Wildman–Crippen MR) is 47.8 cm³/mol. The van der Waals surface area contributed by atoms with Crippen LogP contribution in [0.3, 0.4) is 0 Å². The van der Waals surface area contributed by atoms with E-state index in [9.17, 15) is 5.11 Å². The second-order valence-electron chi connectivity index (χ2n) is 3.00. The monoisotopic (exact) mass is 166 g/mol. The molecule has 0 aliphatic heterocycles. The van der Waals surface area contributed by atoms with Crippen molar-refractivity contribution < 1.29 is 10.2 Å². The fourth-order valence-corrected chi connectivity index (χ4v) is 1.03. The zero-order valence-corrected chi connectivity index (χ0v) is 7.14. The summed E-state index contributed by atoms with van der Waals surface area (Å²) in [6.07, 6.45) is -0.809. The van der Waals surface area contributed by atoms with Gasteiger partial charge in [0.25, 0.3) is 0 Å². The van der Waals surface area contributed by atoms with Gasteiger partial charge in [0.05, 0.1) is 12.2 Å². The maximum atomic E-state index is 9.33. The Balaban J connectivity index is 2.53.